The third kappa shape index (κ3) is 3.66. The van der Waals surface area contributed by atoms with Crippen LogP contribution in [0.2, 0.25) is 0 Å². The Morgan fingerprint density at radius 1 is 1.53 bits per heavy atom. The predicted molar refractivity (Wildman–Crippen MR) is 76.0 cm³/mol. The summed E-state index contributed by atoms with van der Waals surface area (Å²) in [5.41, 5.74) is 0.00780. The first-order valence-corrected chi connectivity index (χ1v) is 5.64. The molecule has 1 aromatic heterocycles. The third-order valence-electron chi connectivity index (χ3n) is 2.42. The van der Waals surface area contributed by atoms with Crippen molar-refractivity contribution in [2.45, 2.75) is 6.10 Å². The molecule has 0 aliphatic carbocycles. The molecule has 2 rings (SSSR count). The molecule has 0 saturated heterocycles. The summed E-state index contributed by atoms with van der Waals surface area (Å²) in [6.07, 6.45) is -2.00. The molecule has 0 saturated carbocycles. The summed E-state index contributed by atoms with van der Waals surface area (Å²) >= 11 is 0. The van der Waals surface area contributed by atoms with Gasteiger partial charge in [-0.15, -0.1) is 0 Å². The van der Waals surface area contributed by atoms with Gasteiger partial charge in [0.25, 0.3) is 0 Å². The molecule has 4 nitrogen and oxygen atoms in total. The van der Waals surface area contributed by atoms with Gasteiger partial charge in [0, 0.05) is 27.9 Å². The van der Waals surface area contributed by atoms with E-state index in [0.717, 1.165) is 4.90 Å². The van der Waals surface area contributed by atoms with Gasteiger partial charge in [-0.2, -0.15) is 5.10 Å². The Bertz CT molecular complexity index is 831. The quantitative estimate of drug-likeness (QED) is 0.804. The predicted octanol–water partition coefficient (Wildman–Crippen LogP) is 2.09. The number of rotatable bonds is 6. The van der Waals surface area contributed by atoms with E-state index in [1.54, 1.807) is 30.3 Å². The van der Waals surface area contributed by atoms with Crippen LogP contribution < -0.4 is 0 Å². The Labute approximate surface area is 128 Å². The first-order chi connectivity index (χ1) is 13.1. The van der Waals surface area contributed by atoms with Gasteiger partial charge in [0.05, 0.1) is 17.7 Å². The summed E-state index contributed by atoms with van der Waals surface area (Å²) in [4.78, 5) is 0.785. The fourth-order valence-electron chi connectivity index (χ4n) is 1.54. The van der Waals surface area contributed by atoms with Crippen LogP contribution in [0.5, 0.6) is 0 Å². The normalized spacial score (nSPS) is 22.6. The highest BCUT2D eigenvalue weighted by molar-refractivity contribution is 5.25. The van der Waals surface area contributed by atoms with Gasteiger partial charge < -0.3 is 9.64 Å². The zero-order valence-electron chi connectivity index (χ0n) is 20.4. The Morgan fingerprint density at radius 2 is 2.37 bits per heavy atom. The second-order valence-corrected chi connectivity index (χ2v) is 3.94. The molecule has 0 aliphatic heterocycles. The average Bonchev–Trinajstić information content (AvgIpc) is 2.88. The molecule has 1 atom stereocenters. The van der Waals surface area contributed by atoms with Gasteiger partial charge in [-0.1, -0.05) is 30.3 Å². The molecule has 0 radical (unpaired) electrons. The Kier molecular flexibility index (Phi) is 1.97. The van der Waals surface area contributed by atoms with Crippen LogP contribution in [0.4, 0.5) is 0 Å². The smallest absolute Gasteiger partial charge is 0.124 e. The van der Waals surface area contributed by atoms with Crippen molar-refractivity contribution in [2.75, 3.05) is 27.1 Å². The molecule has 4 heteroatoms. The van der Waals surface area contributed by atoms with Crippen LogP contribution in [0, 0.1) is 0 Å². The maximum absolute atomic E-state index is 8.14. The van der Waals surface area contributed by atoms with Crippen LogP contribution in [-0.2, 0) is 11.7 Å². The molecule has 0 aliphatic rings. The van der Waals surface area contributed by atoms with Crippen LogP contribution in [0.1, 0.15) is 31.1 Å². The van der Waals surface area contributed by atoms with E-state index in [0.29, 0.717) is 10.2 Å². The van der Waals surface area contributed by atoms with Gasteiger partial charge >= 0.3 is 0 Å². The maximum atomic E-state index is 8.14. The van der Waals surface area contributed by atoms with Gasteiger partial charge in [-0.3, -0.25) is 4.68 Å². The lowest BCUT2D eigenvalue weighted by atomic mass is 10.1. The molecule has 1 aromatic carbocycles. The van der Waals surface area contributed by atoms with Crippen molar-refractivity contribution in [3.8, 4) is 0 Å². The van der Waals surface area contributed by atoms with Gasteiger partial charge in [0.2, 0.25) is 0 Å². The minimum Gasteiger partial charge on any atom is -0.366 e. The first-order valence-electron chi connectivity index (χ1n) is 10.6. The second kappa shape index (κ2) is 6.50. The number of ether oxygens (including phenoxy) is 1. The van der Waals surface area contributed by atoms with E-state index in [2.05, 4.69) is 5.10 Å². The largest absolute Gasteiger partial charge is 0.366 e. The van der Waals surface area contributed by atoms with E-state index < -0.39 is 45.4 Å². The fourth-order valence-corrected chi connectivity index (χ4v) is 1.54. The molecule has 102 valence electrons. The fraction of sp³-hybridized carbons (Fsp3) is 0.400. The summed E-state index contributed by atoms with van der Waals surface area (Å²) in [5.74, 6) is 0. The molecule has 0 N–H and O–H groups in total. The second-order valence-electron chi connectivity index (χ2n) is 3.94. The maximum Gasteiger partial charge on any atom is 0.124 e. The number of nitrogens with zero attached hydrogens (tertiary/aromatic N) is 3. The highest BCUT2D eigenvalue weighted by atomic mass is 16.5. The van der Waals surface area contributed by atoms with Crippen LogP contribution in [0.3, 0.4) is 0 Å². The number of benzene rings is 1. The average molecular weight is 269 g/mol. The molecule has 19 heavy (non-hydrogen) atoms. The monoisotopic (exact) mass is 269 g/mol. The summed E-state index contributed by atoms with van der Waals surface area (Å²) in [5, 5.41) is 3.59. The van der Waals surface area contributed by atoms with Crippen molar-refractivity contribution in [2.24, 2.45) is 6.98 Å². The molecule has 2 aromatic rings. The highest BCUT2D eigenvalue weighted by Gasteiger charge is 2.17. The van der Waals surface area contributed by atoms with Crippen LogP contribution in [0.25, 0.3) is 0 Å². The molecule has 0 amide bonds. The molecule has 0 fully saturated rings. The Morgan fingerprint density at radius 3 is 3.11 bits per heavy atom. The Hall–Kier alpha value is -1.65. The van der Waals surface area contributed by atoms with E-state index in [-0.39, 0.29) is 5.69 Å². The van der Waals surface area contributed by atoms with E-state index in [1.165, 1.54) is 7.05 Å². The van der Waals surface area contributed by atoms with Gasteiger partial charge in [-0.25, -0.2) is 0 Å². The SMILES string of the molecule is [2H]c1nn(C([2H])([2H])[2H])c(C(OC([2H])([2H])CN(C)C([2H])([2H])[2H])c2ccccc2)c1[2H]. The van der Waals surface area contributed by atoms with Crippen molar-refractivity contribution >= 4 is 0 Å². The third-order valence-corrected chi connectivity index (χ3v) is 2.42. The lowest BCUT2D eigenvalue weighted by molar-refractivity contribution is 0.0638. The van der Waals surface area contributed by atoms with E-state index >= 15 is 0 Å². The Balaban J connectivity index is 2.54. The van der Waals surface area contributed by atoms with Gasteiger partial charge in [-0.05, 0) is 25.6 Å². The van der Waals surface area contributed by atoms with Crippen LogP contribution in [0.15, 0.2) is 42.5 Å². The van der Waals surface area contributed by atoms with E-state index in [9.17, 15) is 0 Å². The summed E-state index contributed by atoms with van der Waals surface area (Å²) in [6.45, 7) is -8.56. The molecular formula is C15H21N3O. The van der Waals surface area contributed by atoms with E-state index in [4.69, 9.17) is 18.4 Å². The van der Waals surface area contributed by atoms with Crippen molar-refractivity contribution in [3.05, 3.63) is 53.8 Å². The number of hydrogen-bond acceptors (Lipinski definition) is 3. The lowest BCUT2D eigenvalue weighted by Crippen LogP contribution is -2.20. The first kappa shape index (κ1) is 5.77. The number of likely N-dealkylation sites (N-methyl/N-ethyl adjacent to an activating group) is 1. The van der Waals surface area contributed by atoms with Gasteiger partial charge in [0.15, 0.2) is 0 Å². The minimum atomic E-state index is -2.83. The molecule has 0 bridgehead atoms. The highest BCUT2D eigenvalue weighted by Crippen LogP contribution is 2.25. The topological polar surface area (TPSA) is 30.3 Å². The number of aromatic nitrogens is 2. The van der Waals surface area contributed by atoms with Crippen molar-refractivity contribution in [1.82, 2.24) is 14.7 Å². The molecule has 1 unspecified atom stereocenters. The molecule has 0 spiro atoms. The standard InChI is InChI=1S/C15H21N3O/c1-17(2)11-12-19-15(13-7-5-4-6-8-13)14-9-10-16-18(14)3/h4-10,15H,11-12H2,1-3H3/i1D3,3D3,9D,10D,12D2. The molecular weight excluding hydrogens is 238 g/mol. The summed E-state index contributed by atoms with van der Waals surface area (Å²) in [6, 6.07) is 7.52. The summed E-state index contributed by atoms with van der Waals surface area (Å²) < 4.78 is 83.2. The van der Waals surface area contributed by atoms with E-state index in [1.807, 2.05) is 0 Å². The zero-order valence-corrected chi connectivity index (χ0v) is 10.4. The minimum absolute atomic E-state index is 0.318. The lowest BCUT2D eigenvalue weighted by Gasteiger charge is -2.20. The van der Waals surface area contributed by atoms with Crippen LogP contribution in [-0.4, -0.2) is 41.8 Å². The van der Waals surface area contributed by atoms with Crippen molar-refractivity contribution in [1.29, 1.82) is 0 Å². The van der Waals surface area contributed by atoms with Crippen molar-refractivity contribution in [3.63, 3.8) is 0 Å². The van der Waals surface area contributed by atoms with Crippen molar-refractivity contribution < 1.29 is 18.4 Å². The molecule has 1 heterocycles. The number of aryl methyl sites for hydroxylation is 1. The van der Waals surface area contributed by atoms with Crippen LogP contribution >= 0.6 is 0 Å². The number of hydrogen-bond donors (Lipinski definition) is 0. The summed E-state index contributed by atoms with van der Waals surface area (Å²) in [7, 11) is 1.20. The zero-order chi connectivity index (χ0) is 22.2. The van der Waals surface area contributed by atoms with Gasteiger partial charge in [0.1, 0.15) is 6.10 Å².